The molecule has 0 atom stereocenters. The molecule has 1 aliphatic rings. The van der Waals surface area contributed by atoms with Crippen molar-refractivity contribution in [3.05, 3.63) is 53.7 Å². The second-order valence-electron chi connectivity index (χ2n) is 4.44. The van der Waals surface area contributed by atoms with Crippen molar-refractivity contribution in [2.75, 3.05) is 11.4 Å². The highest BCUT2D eigenvalue weighted by atomic mass is 19.4. The number of hydrogen-bond acceptors (Lipinski definition) is 2. The fourth-order valence-electron chi connectivity index (χ4n) is 2.31. The maximum Gasteiger partial charge on any atom is 0.416 e. The average molecular weight is 264 g/mol. The zero-order chi connectivity index (χ0) is 13.5. The first kappa shape index (κ1) is 12.0. The zero-order valence-corrected chi connectivity index (χ0v) is 9.98. The molecular formula is C14H11F3N2. The Hall–Kier alpha value is -2.04. The van der Waals surface area contributed by atoms with Crippen LogP contribution in [-0.2, 0) is 12.6 Å². The summed E-state index contributed by atoms with van der Waals surface area (Å²) in [5, 5.41) is 0. The molecule has 3 rings (SSSR count). The summed E-state index contributed by atoms with van der Waals surface area (Å²) < 4.78 is 38.1. The van der Waals surface area contributed by atoms with Crippen molar-refractivity contribution >= 4 is 11.5 Å². The second kappa shape index (κ2) is 4.26. The van der Waals surface area contributed by atoms with E-state index in [4.69, 9.17) is 0 Å². The Morgan fingerprint density at radius 1 is 1.11 bits per heavy atom. The Labute approximate surface area is 108 Å². The predicted octanol–water partition coefficient (Wildman–Crippen LogP) is 3.79. The van der Waals surface area contributed by atoms with E-state index in [2.05, 4.69) is 4.98 Å². The molecule has 2 heterocycles. The molecule has 5 heteroatoms. The van der Waals surface area contributed by atoms with Crippen LogP contribution in [0.4, 0.5) is 24.7 Å². The first-order chi connectivity index (χ1) is 9.05. The normalized spacial score (nSPS) is 14.6. The second-order valence-corrected chi connectivity index (χ2v) is 4.44. The lowest BCUT2D eigenvalue weighted by Gasteiger charge is -2.19. The highest BCUT2D eigenvalue weighted by molar-refractivity contribution is 5.66. The fourth-order valence-corrected chi connectivity index (χ4v) is 2.31. The number of hydrogen-bond donors (Lipinski definition) is 0. The number of fused-ring (bicyclic) bond motifs is 1. The minimum atomic E-state index is -4.32. The number of pyridine rings is 1. The van der Waals surface area contributed by atoms with E-state index in [1.54, 1.807) is 12.3 Å². The van der Waals surface area contributed by atoms with Gasteiger partial charge in [0.15, 0.2) is 0 Å². The van der Waals surface area contributed by atoms with Crippen molar-refractivity contribution in [1.82, 2.24) is 4.98 Å². The molecule has 0 N–H and O–H groups in total. The first-order valence-electron chi connectivity index (χ1n) is 5.94. The number of alkyl halides is 3. The molecule has 98 valence electrons. The number of aromatic nitrogens is 1. The predicted molar refractivity (Wildman–Crippen MR) is 66.4 cm³/mol. The Kier molecular flexibility index (Phi) is 2.69. The third-order valence-electron chi connectivity index (χ3n) is 3.21. The van der Waals surface area contributed by atoms with Crippen LogP contribution in [0.2, 0.25) is 0 Å². The molecule has 1 aromatic heterocycles. The Balaban J connectivity index is 2.01. The van der Waals surface area contributed by atoms with Crippen molar-refractivity contribution in [3.63, 3.8) is 0 Å². The standard InChI is InChI=1S/C14H11F3N2/c15-14(16,17)11-4-1-5-12(9-11)19-8-6-10-3-2-7-18-13(10)19/h1-5,7,9H,6,8H2. The van der Waals surface area contributed by atoms with E-state index >= 15 is 0 Å². The molecular weight excluding hydrogens is 253 g/mol. The maximum absolute atomic E-state index is 12.7. The molecule has 0 amide bonds. The number of benzene rings is 1. The summed E-state index contributed by atoms with van der Waals surface area (Å²) in [6.07, 6.45) is -1.85. The first-order valence-corrected chi connectivity index (χ1v) is 5.94. The van der Waals surface area contributed by atoms with Gasteiger partial charge >= 0.3 is 6.18 Å². The van der Waals surface area contributed by atoms with E-state index in [0.29, 0.717) is 12.2 Å². The molecule has 0 saturated carbocycles. The van der Waals surface area contributed by atoms with E-state index in [1.807, 2.05) is 17.0 Å². The molecule has 0 bridgehead atoms. The lowest BCUT2D eigenvalue weighted by Crippen LogP contribution is -2.15. The summed E-state index contributed by atoms with van der Waals surface area (Å²) in [7, 11) is 0. The number of nitrogens with zero attached hydrogens (tertiary/aromatic N) is 2. The van der Waals surface area contributed by atoms with E-state index in [1.165, 1.54) is 12.1 Å². The Bertz CT molecular complexity index is 608. The monoisotopic (exact) mass is 264 g/mol. The third-order valence-corrected chi connectivity index (χ3v) is 3.21. The van der Waals surface area contributed by atoms with Gasteiger partial charge in [0, 0.05) is 18.4 Å². The number of halogens is 3. The highest BCUT2D eigenvalue weighted by Crippen LogP contribution is 2.36. The van der Waals surface area contributed by atoms with Crippen molar-refractivity contribution < 1.29 is 13.2 Å². The number of rotatable bonds is 1. The van der Waals surface area contributed by atoms with Crippen molar-refractivity contribution in [1.29, 1.82) is 0 Å². The largest absolute Gasteiger partial charge is 0.416 e. The maximum atomic E-state index is 12.7. The SMILES string of the molecule is FC(F)(F)c1cccc(N2CCc3cccnc32)c1. The molecule has 0 fully saturated rings. The van der Waals surface area contributed by atoms with Gasteiger partial charge in [-0.2, -0.15) is 13.2 Å². The van der Waals surface area contributed by atoms with Crippen LogP contribution < -0.4 is 4.90 Å². The van der Waals surface area contributed by atoms with E-state index in [-0.39, 0.29) is 0 Å². The summed E-state index contributed by atoms with van der Waals surface area (Å²) in [5.74, 6) is 0.752. The molecule has 1 aromatic carbocycles. The van der Waals surface area contributed by atoms with Crippen LogP contribution in [0.3, 0.4) is 0 Å². The third kappa shape index (κ3) is 2.16. The summed E-state index contributed by atoms with van der Waals surface area (Å²) in [6.45, 7) is 0.660. The lowest BCUT2D eigenvalue weighted by molar-refractivity contribution is -0.137. The molecule has 19 heavy (non-hydrogen) atoms. The number of anilines is 2. The van der Waals surface area contributed by atoms with Gasteiger partial charge in [-0.15, -0.1) is 0 Å². The molecule has 0 spiro atoms. The van der Waals surface area contributed by atoms with Crippen LogP contribution >= 0.6 is 0 Å². The molecule has 0 unspecified atom stereocenters. The van der Waals surface area contributed by atoms with Crippen molar-refractivity contribution in [3.8, 4) is 0 Å². The topological polar surface area (TPSA) is 16.1 Å². The van der Waals surface area contributed by atoms with Gasteiger partial charge in [0.2, 0.25) is 0 Å². The summed E-state index contributed by atoms with van der Waals surface area (Å²) in [6, 6.07) is 9.16. The smallest absolute Gasteiger partial charge is 0.326 e. The molecule has 0 saturated heterocycles. The highest BCUT2D eigenvalue weighted by Gasteiger charge is 2.31. The van der Waals surface area contributed by atoms with Crippen molar-refractivity contribution in [2.24, 2.45) is 0 Å². The van der Waals surface area contributed by atoms with Gasteiger partial charge in [-0.05, 0) is 36.2 Å². The van der Waals surface area contributed by atoms with E-state index in [0.717, 1.165) is 23.9 Å². The van der Waals surface area contributed by atoms with E-state index in [9.17, 15) is 13.2 Å². The van der Waals surface area contributed by atoms with Gasteiger partial charge in [0.1, 0.15) is 5.82 Å². The van der Waals surface area contributed by atoms with Crippen LogP contribution in [0, 0.1) is 0 Å². The van der Waals surface area contributed by atoms with Gasteiger partial charge in [-0.1, -0.05) is 12.1 Å². The van der Waals surface area contributed by atoms with Gasteiger partial charge < -0.3 is 4.90 Å². The molecule has 1 aliphatic heterocycles. The van der Waals surface area contributed by atoms with Crippen molar-refractivity contribution in [2.45, 2.75) is 12.6 Å². The van der Waals surface area contributed by atoms with Crippen LogP contribution in [0.25, 0.3) is 0 Å². The molecule has 0 aliphatic carbocycles. The van der Waals surface area contributed by atoms with Crippen LogP contribution in [0.1, 0.15) is 11.1 Å². The van der Waals surface area contributed by atoms with Gasteiger partial charge in [-0.25, -0.2) is 4.98 Å². The van der Waals surface area contributed by atoms with Crippen LogP contribution in [0.15, 0.2) is 42.6 Å². The average Bonchev–Trinajstić information content (AvgIpc) is 2.82. The fraction of sp³-hybridized carbons (Fsp3) is 0.214. The van der Waals surface area contributed by atoms with Crippen LogP contribution in [0.5, 0.6) is 0 Å². The minimum absolute atomic E-state index is 0.535. The van der Waals surface area contributed by atoms with Gasteiger partial charge in [0.05, 0.1) is 5.56 Å². The lowest BCUT2D eigenvalue weighted by atomic mass is 10.2. The summed E-state index contributed by atoms with van der Waals surface area (Å²) >= 11 is 0. The van der Waals surface area contributed by atoms with Crippen LogP contribution in [-0.4, -0.2) is 11.5 Å². The minimum Gasteiger partial charge on any atom is -0.326 e. The zero-order valence-electron chi connectivity index (χ0n) is 9.98. The Morgan fingerprint density at radius 2 is 1.95 bits per heavy atom. The van der Waals surface area contributed by atoms with Gasteiger partial charge in [-0.3, -0.25) is 0 Å². The summed E-state index contributed by atoms with van der Waals surface area (Å²) in [5.41, 5.74) is 0.974. The quantitative estimate of drug-likeness (QED) is 0.779. The Morgan fingerprint density at radius 3 is 2.74 bits per heavy atom. The molecule has 2 nitrogen and oxygen atoms in total. The summed E-state index contributed by atoms with van der Waals surface area (Å²) in [4.78, 5) is 6.08. The van der Waals surface area contributed by atoms with E-state index < -0.39 is 11.7 Å². The molecule has 2 aromatic rings. The molecule has 0 radical (unpaired) electrons. The van der Waals surface area contributed by atoms with Gasteiger partial charge in [0.25, 0.3) is 0 Å².